The van der Waals surface area contributed by atoms with Crippen molar-refractivity contribution < 1.29 is 13.2 Å². The van der Waals surface area contributed by atoms with Gasteiger partial charge in [-0.05, 0) is 22.9 Å². The van der Waals surface area contributed by atoms with E-state index in [1.807, 2.05) is 24.3 Å². The van der Waals surface area contributed by atoms with Crippen LogP contribution in [0.1, 0.15) is 0 Å². The molecule has 0 aliphatic carbocycles. The Kier molecular flexibility index (Phi) is 5.69. The number of hydrogen-bond donors (Lipinski definition) is 1. The number of aromatic nitrogens is 2. The molecule has 0 spiro atoms. The fourth-order valence-corrected chi connectivity index (χ4v) is 5.31. The molecule has 11 heteroatoms. The van der Waals surface area contributed by atoms with Crippen molar-refractivity contribution in [1.82, 2.24) is 14.1 Å². The summed E-state index contributed by atoms with van der Waals surface area (Å²) in [7, 11) is -3.66. The lowest BCUT2D eigenvalue weighted by atomic mass is 10.1. The second-order valence-electron chi connectivity index (χ2n) is 7.17. The quantitative estimate of drug-likeness (QED) is 0.606. The number of rotatable bonds is 5. The van der Waals surface area contributed by atoms with Gasteiger partial charge in [-0.15, -0.1) is 0 Å². The fraction of sp³-hybridized carbons (Fsp3) is 0.250. The zero-order valence-corrected chi connectivity index (χ0v) is 18.0. The molecule has 4 rings (SSSR count). The van der Waals surface area contributed by atoms with Crippen LogP contribution in [0.3, 0.4) is 0 Å². The van der Waals surface area contributed by atoms with Crippen LogP contribution in [-0.4, -0.2) is 54.6 Å². The lowest BCUT2D eigenvalue weighted by Crippen LogP contribution is -2.49. The van der Waals surface area contributed by atoms with E-state index in [9.17, 15) is 18.0 Å². The molecule has 2 N–H and O–H groups in total. The summed E-state index contributed by atoms with van der Waals surface area (Å²) in [5, 5.41) is 5.69. The standard InChI is InChI=1S/C20H20ClN5O4S/c21-19-17(12-23-26(20(19)28)13-18(22)27)24-7-9-25(10-8-24)31(29,30)16-6-5-14-3-1-2-4-15(14)11-16/h1-6,11-12H,7-10,13H2,(H2,22,27). The molecule has 0 saturated carbocycles. The predicted octanol–water partition coefficient (Wildman–Crippen LogP) is 1.05. The number of sulfonamides is 1. The Bertz CT molecular complexity index is 1320. The average molecular weight is 462 g/mol. The highest BCUT2D eigenvalue weighted by Crippen LogP contribution is 2.26. The monoisotopic (exact) mass is 461 g/mol. The SMILES string of the molecule is NC(=O)Cn1ncc(N2CCN(S(=O)(=O)c3ccc4ccccc4c3)CC2)c(Cl)c1=O. The van der Waals surface area contributed by atoms with E-state index in [1.165, 1.54) is 10.5 Å². The highest BCUT2D eigenvalue weighted by atomic mass is 35.5. The molecule has 1 amide bonds. The summed E-state index contributed by atoms with van der Waals surface area (Å²) in [5.41, 5.74) is 4.88. The third-order valence-corrected chi connectivity index (χ3v) is 7.46. The molecule has 2 heterocycles. The van der Waals surface area contributed by atoms with Gasteiger partial charge in [0.05, 0.1) is 16.8 Å². The molecule has 0 unspecified atom stereocenters. The van der Waals surface area contributed by atoms with Crippen LogP contribution in [0, 0.1) is 0 Å². The van der Waals surface area contributed by atoms with Crippen LogP contribution < -0.4 is 16.2 Å². The van der Waals surface area contributed by atoms with Gasteiger partial charge in [-0.3, -0.25) is 9.59 Å². The van der Waals surface area contributed by atoms with E-state index in [0.29, 0.717) is 18.8 Å². The molecular weight excluding hydrogens is 442 g/mol. The van der Waals surface area contributed by atoms with Crippen molar-refractivity contribution in [3.8, 4) is 0 Å². The molecule has 0 bridgehead atoms. The first-order chi connectivity index (χ1) is 14.8. The number of carbonyl (C=O) groups excluding carboxylic acids is 1. The number of carbonyl (C=O) groups is 1. The maximum absolute atomic E-state index is 13.1. The third kappa shape index (κ3) is 4.14. The highest BCUT2D eigenvalue weighted by molar-refractivity contribution is 7.89. The summed E-state index contributed by atoms with van der Waals surface area (Å²) in [5.74, 6) is -0.703. The molecule has 9 nitrogen and oxygen atoms in total. The number of primary amides is 1. The summed E-state index contributed by atoms with van der Waals surface area (Å²) in [6.07, 6.45) is 1.39. The van der Waals surface area contributed by atoms with E-state index in [-0.39, 0.29) is 29.6 Å². The van der Waals surface area contributed by atoms with Crippen molar-refractivity contribution in [3.05, 3.63) is 64.0 Å². The number of anilines is 1. The van der Waals surface area contributed by atoms with Gasteiger partial charge in [0.15, 0.2) is 0 Å². The Balaban J connectivity index is 1.52. The van der Waals surface area contributed by atoms with Crippen molar-refractivity contribution in [2.75, 3.05) is 31.1 Å². The fourth-order valence-electron chi connectivity index (χ4n) is 3.58. The molecule has 3 aromatic rings. The summed E-state index contributed by atoms with van der Waals surface area (Å²) >= 11 is 6.19. The minimum atomic E-state index is -3.66. The van der Waals surface area contributed by atoms with E-state index in [1.54, 1.807) is 23.1 Å². The van der Waals surface area contributed by atoms with Crippen LogP contribution in [0.4, 0.5) is 5.69 Å². The minimum absolute atomic E-state index is 0.0814. The predicted molar refractivity (Wildman–Crippen MR) is 118 cm³/mol. The largest absolute Gasteiger partial charge is 0.368 e. The topological polar surface area (TPSA) is 119 Å². The first kappa shape index (κ1) is 21.3. The van der Waals surface area contributed by atoms with Gasteiger partial charge >= 0.3 is 0 Å². The molecule has 1 saturated heterocycles. The molecule has 0 atom stereocenters. The van der Waals surface area contributed by atoms with E-state index in [4.69, 9.17) is 17.3 Å². The van der Waals surface area contributed by atoms with Crippen molar-refractivity contribution in [2.45, 2.75) is 11.4 Å². The van der Waals surface area contributed by atoms with Gasteiger partial charge in [-0.25, -0.2) is 13.1 Å². The molecular formula is C20H20ClN5O4S. The third-order valence-electron chi connectivity index (χ3n) is 5.21. The van der Waals surface area contributed by atoms with Crippen LogP contribution in [-0.2, 0) is 21.4 Å². The zero-order valence-electron chi connectivity index (χ0n) is 16.4. The van der Waals surface area contributed by atoms with Gasteiger partial charge in [0.2, 0.25) is 15.9 Å². The zero-order chi connectivity index (χ0) is 22.2. The lowest BCUT2D eigenvalue weighted by Gasteiger charge is -2.35. The highest BCUT2D eigenvalue weighted by Gasteiger charge is 2.30. The van der Waals surface area contributed by atoms with Gasteiger partial charge in [-0.1, -0.05) is 41.9 Å². The number of fused-ring (bicyclic) bond motifs is 1. The number of nitrogens with zero attached hydrogens (tertiary/aromatic N) is 4. The molecule has 0 radical (unpaired) electrons. The number of halogens is 1. The van der Waals surface area contributed by atoms with Crippen molar-refractivity contribution in [3.63, 3.8) is 0 Å². The van der Waals surface area contributed by atoms with Crippen molar-refractivity contribution in [2.24, 2.45) is 5.73 Å². The summed E-state index contributed by atoms with van der Waals surface area (Å²) < 4.78 is 28.5. The van der Waals surface area contributed by atoms with E-state index >= 15 is 0 Å². The molecule has 1 fully saturated rings. The Morgan fingerprint density at radius 2 is 1.74 bits per heavy atom. The van der Waals surface area contributed by atoms with Gasteiger partial charge in [0.25, 0.3) is 5.56 Å². The van der Waals surface area contributed by atoms with Crippen molar-refractivity contribution >= 4 is 44.0 Å². The summed E-state index contributed by atoms with van der Waals surface area (Å²) in [6.45, 7) is 0.781. The van der Waals surface area contributed by atoms with E-state index < -0.39 is 21.5 Å². The Hall–Kier alpha value is -2.95. The minimum Gasteiger partial charge on any atom is -0.368 e. The van der Waals surface area contributed by atoms with E-state index in [2.05, 4.69) is 5.10 Å². The van der Waals surface area contributed by atoms with Crippen LogP contribution in [0.2, 0.25) is 5.02 Å². The van der Waals surface area contributed by atoms with Gasteiger partial charge in [0, 0.05) is 26.2 Å². The number of hydrogen-bond acceptors (Lipinski definition) is 6. The molecule has 31 heavy (non-hydrogen) atoms. The molecule has 1 aliphatic rings. The normalized spacial score (nSPS) is 15.3. The smallest absolute Gasteiger partial charge is 0.288 e. The second kappa shape index (κ2) is 8.29. The first-order valence-electron chi connectivity index (χ1n) is 9.55. The van der Waals surface area contributed by atoms with Crippen LogP contribution >= 0.6 is 11.6 Å². The number of benzene rings is 2. The summed E-state index contributed by atoms with van der Waals surface area (Å²) in [4.78, 5) is 25.4. The Morgan fingerprint density at radius 1 is 1.06 bits per heavy atom. The van der Waals surface area contributed by atoms with Gasteiger partial charge in [-0.2, -0.15) is 9.40 Å². The van der Waals surface area contributed by atoms with Crippen LogP contribution in [0.25, 0.3) is 10.8 Å². The van der Waals surface area contributed by atoms with Crippen LogP contribution in [0.15, 0.2) is 58.4 Å². The average Bonchev–Trinajstić information content (AvgIpc) is 2.76. The molecule has 1 aromatic heterocycles. The van der Waals surface area contributed by atoms with Crippen molar-refractivity contribution in [1.29, 1.82) is 0 Å². The van der Waals surface area contributed by atoms with Crippen LogP contribution in [0.5, 0.6) is 0 Å². The summed E-state index contributed by atoms with van der Waals surface area (Å²) in [6, 6.07) is 12.7. The first-order valence-corrected chi connectivity index (χ1v) is 11.4. The Labute approximate surface area is 183 Å². The number of nitrogens with two attached hydrogens (primary N) is 1. The molecule has 162 valence electrons. The molecule has 2 aromatic carbocycles. The second-order valence-corrected chi connectivity index (χ2v) is 9.49. The lowest BCUT2D eigenvalue weighted by molar-refractivity contribution is -0.118. The van der Waals surface area contributed by atoms with E-state index in [0.717, 1.165) is 15.5 Å². The Morgan fingerprint density at radius 3 is 2.42 bits per heavy atom. The number of piperazine rings is 1. The maximum Gasteiger partial charge on any atom is 0.288 e. The van der Waals surface area contributed by atoms with Gasteiger partial charge in [0.1, 0.15) is 11.6 Å². The number of amides is 1. The van der Waals surface area contributed by atoms with Gasteiger partial charge < -0.3 is 10.6 Å². The maximum atomic E-state index is 13.1. The molecule has 1 aliphatic heterocycles.